The van der Waals surface area contributed by atoms with Crippen molar-refractivity contribution in [3.8, 4) is 0 Å². The molecule has 1 aromatic heterocycles. The summed E-state index contributed by atoms with van der Waals surface area (Å²) in [6.07, 6.45) is 1.35. The van der Waals surface area contributed by atoms with Crippen LogP contribution in [0.4, 0.5) is 0 Å². The standard InChI is InChI=1S/C8H9BrN2O2S/c1-4(7(10)14)11-8(12)5-2-6(9)13-3-5/h2-4H,1H3,(H2,10,14)(H,11,12). The third-order valence-electron chi connectivity index (χ3n) is 1.60. The number of nitrogens with one attached hydrogen (secondary N) is 1. The Balaban J connectivity index is 2.63. The van der Waals surface area contributed by atoms with E-state index in [1.807, 2.05) is 0 Å². The van der Waals surface area contributed by atoms with E-state index in [4.69, 9.17) is 22.4 Å². The Hall–Kier alpha value is -0.880. The highest BCUT2D eigenvalue weighted by molar-refractivity contribution is 9.10. The van der Waals surface area contributed by atoms with E-state index in [1.165, 1.54) is 6.26 Å². The zero-order valence-electron chi connectivity index (χ0n) is 7.41. The van der Waals surface area contributed by atoms with Crippen molar-refractivity contribution in [2.75, 3.05) is 0 Å². The lowest BCUT2D eigenvalue weighted by Crippen LogP contribution is -2.41. The lowest BCUT2D eigenvalue weighted by Gasteiger charge is -2.10. The Morgan fingerprint density at radius 1 is 1.79 bits per heavy atom. The summed E-state index contributed by atoms with van der Waals surface area (Å²) in [5.74, 6) is -0.264. The van der Waals surface area contributed by atoms with Crippen molar-refractivity contribution < 1.29 is 9.21 Å². The number of rotatable bonds is 3. The van der Waals surface area contributed by atoms with Crippen LogP contribution in [0, 0.1) is 0 Å². The first-order valence-electron chi connectivity index (χ1n) is 3.85. The van der Waals surface area contributed by atoms with E-state index in [-0.39, 0.29) is 16.9 Å². The van der Waals surface area contributed by atoms with Gasteiger partial charge in [0.2, 0.25) is 0 Å². The van der Waals surface area contributed by atoms with Crippen molar-refractivity contribution >= 4 is 39.0 Å². The number of carbonyl (C=O) groups is 1. The second kappa shape index (κ2) is 4.56. The van der Waals surface area contributed by atoms with Gasteiger partial charge in [0.05, 0.1) is 16.6 Å². The number of carbonyl (C=O) groups excluding carboxylic acids is 1. The maximum atomic E-state index is 11.5. The third-order valence-corrected chi connectivity index (χ3v) is 2.37. The van der Waals surface area contributed by atoms with Crippen LogP contribution in [-0.2, 0) is 0 Å². The van der Waals surface area contributed by atoms with Gasteiger partial charge in [-0.1, -0.05) is 12.2 Å². The molecule has 1 atom stereocenters. The molecular formula is C8H9BrN2O2S. The lowest BCUT2D eigenvalue weighted by molar-refractivity contribution is 0.0948. The largest absolute Gasteiger partial charge is 0.457 e. The smallest absolute Gasteiger partial charge is 0.255 e. The minimum Gasteiger partial charge on any atom is -0.457 e. The second-order valence-corrected chi connectivity index (χ2v) is 3.99. The van der Waals surface area contributed by atoms with Gasteiger partial charge in [-0.3, -0.25) is 4.79 Å². The van der Waals surface area contributed by atoms with Crippen LogP contribution in [-0.4, -0.2) is 16.9 Å². The molecule has 0 aliphatic rings. The van der Waals surface area contributed by atoms with Crippen molar-refractivity contribution in [2.24, 2.45) is 5.73 Å². The molecule has 3 N–H and O–H groups in total. The number of halogens is 1. The molecule has 1 aromatic rings. The summed E-state index contributed by atoms with van der Waals surface area (Å²) in [6.45, 7) is 1.72. The van der Waals surface area contributed by atoms with Crippen LogP contribution < -0.4 is 11.1 Å². The summed E-state index contributed by atoms with van der Waals surface area (Å²) >= 11 is 7.82. The van der Waals surface area contributed by atoms with Gasteiger partial charge in [-0.2, -0.15) is 0 Å². The first-order valence-corrected chi connectivity index (χ1v) is 5.05. The Morgan fingerprint density at radius 2 is 2.43 bits per heavy atom. The van der Waals surface area contributed by atoms with Crippen molar-refractivity contribution in [1.82, 2.24) is 5.32 Å². The van der Waals surface area contributed by atoms with Gasteiger partial charge in [-0.05, 0) is 22.9 Å². The monoisotopic (exact) mass is 276 g/mol. The first-order chi connectivity index (χ1) is 6.50. The van der Waals surface area contributed by atoms with E-state index in [2.05, 4.69) is 21.2 Å². The maximum Gasteiger partial charge on any atom is 0.255 e. The summed E-state index contributed by atoms with van der Waals surface area (Å²) in [7, 11) is 0. The van der Waals surface area contributed by atoms with E-state index in [9.17, 15) is 4.79 Å². The molecule has 0 radical (unpaired) electrons. The van der Waals surface area contributed by atoms with Gasteiger partial charge in [-0.25, -0.2) is 0 Å². The molecular weight excluding hydrogens is 268 g/mol. The van der Waals surface area contributed by atoms with Crippen LogP contribution >= 0.6 is 28.1 Å². The molecule has 0 fully saturated rings. The summed E-state index contributed by atoms with van der Waals surface area (Å²) < 4.78 is 5.42. The number of nitrogens with two attached hydrogens (primary N) is 1. The molecule has 76 valence electrons. The van der Waals surface area contributed by atoms with Gasteiger partial charge in [-0.15, -0.1) is 0 Å². The molecule has 0 aliphatic heterocycles. The van der Waals surface area contributed by atoms with Crippen molar-refractivity contribution in [3.05, 3.63) is 22.6 Å². The third kappa shape index (κ3) is 2.81. The van der Waals surface area contributed by atoms with Gasteiger partial charge >= 0.3 is 0 Å². The average Bonchev–Trinajstić information content (AvgIpc) is 2.51. The van der Waals surface area contributed by atoms with Crippen molar-refractivity contribution in [3.63, 3.8) is 0 Å². The highest BCUT2D eigenvalue weighted by Crippen LogP contribution is 2.13. The molecule has 6 heteroatoms. The lowest BCUT2D eigenvalue weighted by atomic mass is 10.3. The fraction of sp³-hybridized carbons (Fsp3) is 0.250. The Kier molecular flexibility index (Phi) is 3.65. The van der Waals surface area contributed by atoms with E-state index < -0.39 is 0 Å². The van der Waals surface area contributed by atoms with Gasteiger partial charge in [0, 0.05) is 6.07 Å². The number of furan rings is 1. The zero-order valence-corrected chi connectivity index (χ0v) is 9.81. The molecule has 4 nitrogen and oxygen atoms in total. The van der Waals surface area contributed by atoms with E-state index in [0.29, 0.717) is 10.2 Å². The van der Waals surface area contributed by atoms with Crippen LogP contribution in [0.2, 0.25) is 0 Å². The molecule has 0 aromatic carbocycles. The molecule has 1 rings (SSSR count). The van der Waals surface area contributed by atoms with E-state index in [1.54, 1.807) is 13.0 Å². The number of thiocarbonyl (C=S) groups is 1. The highest BCUT2D eigenvalue weighted by atomic mass is 79.9. The van der Waals surface area contributed by atoms with Crippen molar-refractivity contribution in [1.29, 1.82) is 0 Å². The number of amides is 1. The number of hydrogen-bond donors (Lipinski definition) is 2. The number of hydrogen-bond acceptors (Lipinski definition) is 3. The van der Waals surface area contributed by atoms with Crippen molar-refractivity contribution in [2.45, 2.75) is 13.0 Å². The predicted octanol–water partition coefficient (Wildman–Crippen LogP) is 1.45. The molecule has 0 saturated carbocycles. The summed E-state index contributed by atoms with van der Waals surface area (Å²) in [6, 6.07) is 1.24. The van der Waals surface area contributed by atoms with Gasteiger partial charge < -0.3 is 15.5 Å². The highest BCUT2D eigenvalue weighted by Gasteiger charge is 2.13. The Labute approximate surface area is 95.0 Å². The van der Waals surface area contributed by atoms with Gasteiger partial charge in [0.25, 0.3) is 5.91 Å². The summed E-state index contributed by atoms with van der Waals surface area (Å²) in [5.41, 5.74) is 5.78. The normalized spacial score (nSPS) is 12.1. The van der Waals surface area contributed by atoms with Crippen LogP contribution in [0.25, 0.3) is 0 Å². The van der Waals surface area contributed by atoms with E-state index >= 15 is 0 Å². The predicted molar refractivity (Wildman–Crippen MR) is 60.1 cm³/mol. The van der Waals surface area contributed by atoms with Gasteiger partial charge in [0.1, 0.15) is 6.26 Å². The molecule has 14 heavy (non-hydrogen) atoms. The quantitative estimate of drug-likeness (QED) is 0.820. The van der Waals surface area contributed by atoms with E-state index in [0.717, 1.165) is 0 Å². The van der Waals surface area contributed by atoms with Crippen LogP contribution in [0.1, 0.15) is 17.3 Å². The average molecular weight is 277 g/mol. The summed E-state index contributed by atoms with van der Waals surface area (Å²) in [4.78, 5) is 11.7. The fourth-order valence-corrected chi connectivity index (χ4v) is 1.18. The molecule has 0 bridgehead atoms. The Morgan fingerprint density at radius 3 is 2.86 bits per heavy atom. The zero-order chi connectivity index (χ0) is 10.7. The van der Waals surface area contributed by atoms with Crippen LogP contribution in [0.3, 0.4) is 0 Å². The fourth-order valence-electron chi connectivity index (χ4n) is 0.780. The molecule has 1 unspecified atom stereocenters. The maximum absolute atomic E-state index is 11.5. The SMILES string of the molecule is CC(NC(=O)c1coc(Br)c1)C(N)=S. The molecule has 1 amide bonds. The molecule has 0 aliphatic carbocycles. The second-order valence-electron chi connectivity index (χ2n) is 2.74. The van der Waals surface area contributed by atoms with Crippen LogP contribution in [0.15, 0.2) is 21.4 Å². The topological polar surface area (TPSA) is 68.3 Å². The minimum atomic E-state index is -0.328. The van der Waals surface area contributed by atoms with Crippen LogP contribution in [0.5, 0.6) is 0 Å². The summed E-state index contributed by atoms with van der Waals surface area (Å²) in [5, 5.41) is 2.62. The molecule has 0 saturated heterocycles. The molecule has 1 heterocycles. The first kappa shape index (κ1) is 11.2. The molecule has 0 spiro atoms. The minimum absolute atomic E-state index is 0.251. The Bertz CT molecular complexity index is 364. The van der Waals surface area contributed by atoms with Gasteiger partial charge in [0.15, 0.2) is 4.67 Å².